The Morgan fingerprint density at radius 3 is 2.71 bits per heavy atom. The van der Waals surface area contributed by atoms with Crippen molar-refractivity contribution in [1.82, 2.24) is 19.6 Å². The van der Waals surface area contributed by atoms with Gasteiger partial charge in [0.2, 0.25) is 5.91 Å². The first-order valence-electron chi connectivity index (χ1n) is 10.00. The lowest BCUT2D eigenvalue weighted by Gasteiger charge is -2.32. The van der Waals surface area contributed by atoms with Gasteiger partial charge in [-0.1, -0.05) is 6.07 Å². The Bertz CT molecular complexity index is 816. The second kappa shape index (κ2) is 8.63. The van der Waals surface area contributed by atoms with Gasteiger partial charge in [-0.2, -0.15) is 0 Å². The van der Waals surface area contributed by atoms with Crippen LogP contribution in [0.5, 0.6) is 0 Å². The molecule has 2 aromatic heterocycles. The number of likely N-dealkylation sites (tertiary alicyclic amines) is 1. The molecule has 1 N–H and O–H groups in total. The molecule has 152 valence electrons. The summed E-state index contributed by atoms with van der Waals surface area (Å²) in [7, 11) is 0. The number of ether oxygens (including phenoxy) is 1. The molecule has 0 radical (unpaired) electrons. The van der Waals surface area contributed by atoms with E-state index < -0.39 is 5.60 Å². The number of piperidine rings is 1. The number of aryl methyl sites for hydroxylation is 1. The molecule has 0 saturated carbocycles. The van der Waals surface area contributed by atoms with Crippen LogP contribution in [0.1, 0.15) is 45.9 Å². The molecule has 0 atom stereocenters. The molecule has 28 heavy (non-hydrogen) atoms. The molecular weight excluding hydrogens is 356 g/mol. The highest BCUT2D eigenvalue weighted by Gasteiger charge is 2.29. The maximum atomic E-state index is 12.4. The quantitative estimate of drug-likeness (QED) is 0.802. The molecule has 1 aliphatic heterocycles. The number of hydrogen-bond donors (Lipinski definition) is 1. The number of rotatable bonds is 5. The van der Waals surface area contributed by atoms with Crippen LogP contribution in [0.3, 0.4) is 0 Å². The van der Waals surface area contributed by atoms with Crippen molar-refractivity contribution in [2.45, 2.75) is 52.1 Å². The minimum Gasteiger partial charge on any atom is -0.444 e. The van der Waals surface area contributed by atoms with Crippen molar-refractivity contribution in [3.05, 3.63) is 36.4 Å². The number of amides is 2. The fraction of sp³-hybridized carbons (Fsp3) is 0.571. The van der Waals surface area contributed by atoms with Gasteiger partial charge < -0.3 is 19.4 Å². The lowest BCUT2D eigenvalue weighted by Crippen LogP contribution is -2.45. The molecule has 2 amide bonds. The Kier molecular flexibility index (Phi) is 6.21. The first kappa shape index (κ1) is 20.2. The molecule has 1 saturated heterocycles. The van der Waals surface area contributed by atoms with E-state index in [4.69, 9.17) is 4.74 Å². The summed E-state index contributed by atoms with van der Waals surface area (Å²) in [6.45, 7) is 7.33. The average molecular weight is 386 g/mol. The van der Waals surface area contributed by atoms with Crippen molar-refractivity contribution < 1.29 is 14.3 Å². The summed E-state index contributed by atoms with van der Waals surface area (Å²) in [5.41, 5.74) is 0.587. The lowest BCUT2D eigenvalue weighted by molar-refractivity contribution is -0.126. The van der Waals surface area contributed by atoms with Crippen molar-refractivity contribution in [3.8, 4) is 0 Å². The van der Waals surface area contributed by atoms with E-state index in [0.717, 1.165) is 24.2 Å². The number of fused-ring (bicyclic) bond motifs is 1. The van der Waals surface area contributed by atoms with Crippen LogP contribution < -0.4 is 5.32 Å². The van der Waals surface area contributed by atoms with Gasteiger partial charge in [-0.3, -0.25) is 4.79 Å². The highest BCUT2D eigenvalue weighted by molar-refractivity contribution is 5.79. The van der Waals surface area contributed by atoms with Crippen LogP contribution >= 0.6 is 0 Å². The zero-order chi connectivity index (χ0) is 20.1. The van der Waals surface area contributed by atoms with Gasteiger partial charge in [0.15, 0.2) is 0 Å². The summed E-state index contributed by atoms with van der Waals surface area (Å²) >= 11 is 0. The van der Waals surface area contributed by atoms with E-state index in [2.05, 4.69) is 14.7 Å². The molecule has 7 heteroatoms. The Hall–Kier alpha value is -2.57. The standard InChI is InChI=1S/C21H30N4O3/c1-21(2,3)28-20(27)24-13-9-16(10-14-24)19(26)22-11-6-8-18-23-15-17-7-4-5-12-25(17)18/h4-5,7,12,15-16H,6,8-11,13-14H2,1-3H3,(H,22,26). The molecule has 1 fully saturated rings. The average Bonchev–Trinajstić information content (AvgIpc) is 3.07. The number of hydrogen-bond acceptors (Lipinski definition) is 4. The van der Waals surface area contributed by atoms with Crippen LogP contribution in [0.15, 0.2) is 30.6 Å². The second-order valence-electron chi connectivity index (χ2n) is 8.31. The smallest absolute Gasteiger partial charge is 0.410 e. The van der Waals surface area contributed by atoms with Gasteiger partial charge in [-0.15, -0.1) is 0 Å². The van der Waals surface area contributed by atoms with Crippen LogP contribution in [-0.4, -0.2) is 51.5 Å². The second-order valence-corrected chi connectivity index (χ2v) is 8.31. The van der Waals surface area contributed by atoms with Gasteiger partial charge in [0.1, 0.15) is 11.4 Å². The highest BCUT2D eigenvalue weighted by Crippen LogP contribution is 2.20. The molecule has 0 aromatic carbocycles. The van der Waals surface area contributed by atoms with E-state index in [1.54, 1.807) is 4.90 Å². The number of carbonyl (C=O) groups excluding carboxylic acids is 2. The minimum atomic E-state index is -0.495. The largest absolute Gasteiger partial charge is 0.444 e. The monoisotopic (exact) mass is 386 g/mol. The number of pyridine rings is 1. The van der Waals surface area contributed by atoms with Crippen molar-refractivity contribution in [3.63, 3.8) is 0 Å². The topological polar surface area (TPSA) is 75.9 Å². The summed E-state index contributed by atoms with van der Waals surface area (Å²) in [6.07, 6.45) is 6.59. The van der Waals surface area contributed by atoms with E-state index >= 15 is 0 Å². The van der Waals surface area contributed by atoms with E-state index in [-0.39, 0.29) is 17.9 Å². The maximum Gasteiger partial charge on any atom is 0.410 e. The summed E-state index contributed by atoms with van der Waals surface area (Å²) < 4.78 is 7.47. The van der Waals surface area contributed by atoms with Gasteiger partial charge in [0.25, 0.3) is 0 Å². The van der Waals surface area contributed by atoms with Gasteiger partial charge in [-0.05, 0) is 52.2 Å². The fourth-order valence-electron chi connectivity index (χ4n) is 3.44. The summed E-state index contributed by atoms with van der Waals surface area (Å²) in [6, 6.07) is 6.01. The van der Waals surface area contributed by atoms with Gasteiger partial charge in [0.05, 0.1) is 11.7 Å². The van der Waals surface area contributed by atoms with Crippen LogP contribution in [0.4, 0.5) is 4.79 Å². The molecule has 3 heterocycles. The zero-order valence-corrected chi connectivity index (χ0v) is 17.0. The molecule has 2 aromatic rings. The van der Waals surface area contributed by atoms with Crippen molar-refractivity contribution in [2.24, 2.45) is 5.92 Å². The van der Waals surface area contributed by atoms with Crippen LogP contribution in [0.25, 0.3) is 5.52 Å². The molecular formula is C21H30N4O3. The number of aromatic nitrogens is 2. The van der Waals surface area contributed by atoms with E-state index in [1.165, 1.54) is 0 Å². The number of imidazole rings is 1. The number of nitrogens with one attached hydrogen (secondary N) is 1. The van der Waals surface area contributed by atoms with Gasteiger partial charge >= 0.3 is 6.09 Å². The molecule has 0 unspecified atom stereocenters. The Morgan fingerprint density at radius 2 is 2.00 bits per heavy atom. The molecule has 0 bridgehead atoms. The number of nitrogens with zero attached hydrogens (tertiary/aromatic N) is 3. The fourth-order valence-corrected chi connectivity index (χ4v) is 3.44. The first-order valence-corrected chi connectivity index (χ1v) is 10.00. The zero-order valence-electron chi connectivity index (χ0n) is 17.0. The summed E-state index contributed by atoms with van der Waals surface area (Å²) in [5.74, 6) is 1.05. The van der Waals surface area contributed by atoms with Crippen LogP contribution in [0.2, 0.25) is 0 Å². The molecule has 3 rings (SSSR count). The van der Waals surface area contributed by atoms with Crippen LogP contribution in [-0.2, 0) is 16.0 Å². The molecule has 7 nitrogen and oxygen atoms in total. The predicted molar refractivity (Wildman–Crippen MR) is 107 cm³/mol. The maximum absolute atomic E-state index is 12.4. The third kappa shape index (κ3) is 5.24. The Morgan fingerprint density at radius 1 is 1.25 bits per heavy atom. The predicted octanol–water partition coefficient (Wildman–Crippen LogP) is 3.03. The normalized spacial score (nSPS) is 15.6. The SMILES string of the molecule is CC(C)(C)OC(=O)N1CCC(C(=O)NCCCc2ncc3ccccn23)CC1. The summed E-state index contributed by atoms with van der Waals surface area (Å²) in [4.78, 5) is 30.7. The van der Waals surface area contributed by atoms with Crippen molar-refractivity contribution in [2.75, 3.05) is 19.6 Å². The van der Waals surface area contributed by atoms with Gasteiger partial charge in [-0.25, -0.2) is 9.78 Å². The lowest BCUT2D eigenvalue weighted by atomic mass is 9.96. The first-order chi connectivity index (χ1) is 13.3. The summed E-state index contributed by atoms with van der Waals surface area (Å²) in [5, 5.41) is 3.03. The molecule has 1 aliphatic rings. The Balaban J connectivity index is 1.37. The van der Waals surface area contributed by atoms with E-state index in [1.807, 2.05) is 51.4 Å². The van der Waals surface area contributed by atoms with Crippen molar-refractivity contribution in [1.29, 1.82) is 0 Å². The van der Waals surface area contributed by atoms with E-state index in [0.29, 0.717) is 32.5 Å². The Labute approximate surface area is 166 Å². The third-order valence-corrected chi connectivity index (χ3v) is 4.91. The van der Waals surface area contributed by atoms with Gasteiger partial charge in [0, 0.05) is 38.2 Å². The molecule has 0 aliphatic carbocycles. The van der Waals surface area contributed by atoms with Crippen LogP contribution in [0, 0.1) is 5.92 Å². The minimum absolute atomic E-state index is 0.0362. The van der Waals surface area contributed by atoms with Crippen molar-refractivity contribution >= 4 is 17.5 Å². The highest BCUT2D eigenvalue weighted by atomic mass is 16.6. The number of carbonyl (C=O) groups is 2. The van der Waals surface area contributed by atoms with E-state index in [9.17, 15) is 9.59 Å². The third-order valence-electron chi connectivity index (χ3n) is 4.91. The molecule has 0 spiro atoms.